The molecule has 1 atom stereocenters. The molecule has 0 aliphatic heterocycles. The van der Waals surface area contributed by atoms with Gasteiger partial charge in [-0.3, -0.25) is 14.3 Å². The van der Waals surface area contributed by atoms with Crippen LogP contribution in [0.4, 0.5) is 10.5 Å². The molecule has 9 nitrogen and oxygen atoms in total. The van der Waals surface area contributed by atoms with Crippen molar-refractivity contribution < 1.29 is 24.2 Å². The van der Waals surface area contributed by atoms with Gasteiger partial charge in [0, 0.05) is 22.7 Å². The van der Waals surface area contributed by atoms with E-state index in [1.165, 1.54) is 4.90 Å². The molecule has 0 spiro atoms. The zero-order chi connectivity index (χ0) is 34.9. The summed E-state index contributed by atoms with van der Waals surface area (Å²) < 4.78 is 13.1. The Kier molecular flexibility index (Phi) is 11.7. The van der Waals surface area contributed by atoms with Crippen molar-refractivity contribution in [2.45, 2.75) is 59.2 Å². The van der Waals surface area contributed by atoms with Crippen LogP contribution in [-0.2, 0) is 29.0 Å². The van der Waals surface area contributed by atoms with E-state index in [1.54, 1.807) is 71.3 Å². The third-order valence-electron chi connectivity index (χ3n) is 7.96. The van der Waals surface area contributed by atoms with Crippen LogP contribution in [0.25, 0.3) is 10.9 Å². The van der Waals surface area contributed by atoms with Crippen LogP contribution in [0.2, 0.25) is 5.02 Å². The number of fused-ring (bicyclic) bond motifs is 1. The van der Waals surface area contributed by atoms with Crippen molar-refractivity contribution in [2.24, 2.45) is 5.92 Å². The maximum Gasteiger partial charge on any atom is 0.414 e. The summed E-state index contributed by atoms with van der Waals surface area (Å²) in [5.41, 5.74) is 2.93. The smallest absolute Gasteiger partial charge is 0.414 e. The Labute approximate surface area is 290 Å². The van der Waals surface area contributed by atoms with Gasteiger partial charge in [0.05, 0.1) is 30.6 Å². The van der Waals surface area contributed by atoms with Crippen molar-refractivity contribution in [3.63, 3.8) is 0 Å². The standard InChI is InChI=1S/C39H40ClN3O6/c1-4-5-15-35-41-34-21-18-29(42(39(47)48-25-26(2)3)23-27-11-7-6-8-12-27)22-32(34)37(44)43(35)24-28-16-19-30(20-17-28)49-36(38(45)46)31-13-9-10-14-33(31)40/h6-14,16-22,26,36H,4-5,15,23-25H2,1-3H3,(H,45,46). The molecule has 10 heteroatoms. The van der Waals surface area contributed by atoms with E-state index in [2.05, 4.69) is 6.92 Å². The van der Waals surface area contributed by atoms with Gasteiger partial charge in [-0.15, -0.1) is 0 Å². The SMILES string of the molecule is CCCCc1nc2ccc(N(Cc3ccccc3)C(=O)OCC(C)C)cc2c(=O)n1Cc1ccc(OC(C(=O)O)c2ccccc2Cl)cc1. The van der Waals surface area contributed by atoms with Gasteiger partial charge in [0.2, 0.25) is 6.10 Å². The number of amides is 1. The third kappa shape index (κ3) is 8.86. The number of carbonyl (C=O) groups excluding carboxylic acids is 1. The van der Waals surface area contributed by atoms with E-state index in [9.17, 15) is 19.5 Å². The minimum absolute atomic E-state index is 0.165. The molecule has 0 radical (unpaired) electrons. The molecule has 0 fully saturated rings. The molecule has 1 amide bonds. The summed E-state index contributed by atoms with van der Waals surface area (Å²) in [6.07, 6.45) is 0.623. The number of benzene rings is 4. The van der Waals surface area contributed by atoms with Gasteiger partial charge in [0.25, 0.3) is 5.56 Å². The second-order valence-electron chi connectivity index (χ2n) is 12.3. The maximum absolute atomic E-state index is 14.2. The highest BCUT2D eigenvalue weighted by atomic mass is 35.5. The van der Waals surface area contributed by atoms with Crippen molar-refractivity contribution in [2.75, 3.05) is 11.5 Å². The number of anilines is 1. The van der Waals surface area contributed by atoms with Gasteiger partial charge in [-0.1, -0.05) is 99.5 Å². The summed E-state index contributed by atoms with van der Waals surface area (Å²) in [7, 11) is 0. The topological polar surface area (TPSA) is 111 Å². The van der Waals surface area contributed by atoms with Crippen molar-refractivity contribution in [3.05, 3.63) is 135 Å². The summed E-state index contributed by atoms with van der Waals surface area (Å²) in [6.45, 7) is 6.82. The number of ether oxygens (including phenoxy) is 2. The summed E-state index contributed by atoms with van der Waals surface area (Å²) >= 11 is 6.25. The van der Waals surface area contributed by atoms with Crippen LogP contribution in [0.5, 0.6) is 5.75 Å². The molecular formula is C39H40ClN3O6. The Balaban J connectivity index is 1.47. The van der Waals surface area contributed by atoms with Crippen molar-refractivity contribution >= 4 is 40.3 Å². The average Bonchev–Trinajstić information content (AvgIpc) is 3.10. The number of unbranched alkanes of at least 4 members (excludes halogenated alkanes) is 1. The van der Waals surface area contributed by atoms with Crippen LogP contribution < -0.4 is 15.2 Å². The van der Waals surface area contributed by atoms with Crippen molar-refractivity contribution in [1.29, 1.82) is 0 Å². The first-order valence-electron chi connectivity index (χ1n) is 16.4. The van der Waals surface area contributed by atoms with Gasteiger partial charge >= 0.3 is 12.1 Å². The van der Waals surface area contributed by atoms with E-state index >= 15 is 0 Å². The fourth-order valence-corrected chi connectivity index (χ4v) is 5.62. The fourth-order valence-electron chi connectivity index (χ4n) is 5.38. The van der Waals surface area contributed by atoms with Crippen LogP contribution in [-0.4, -0.2) is 33.3 Å². The van der Waals surface area contributed by atoms with Crippen LogP contribution in [0.3, 0.4) is 0 Å². The van der Waals surface area contributed by atoms with Crippen LogP contribution >= 0.6 is 11.6 Å². The number of nitrogens with zero attached hydrogens (tertiary/aromatic N) is 3. The second kappa shape index (κ2) is 16.3. The quantitative estimate of drug-likeness (QED) is 0.125. The van der Waals surface area contributed by atoms with E-state index in [4.69, 9.17) is 26.1 Å². The molecule has 4 aromatic carbocycles. The number of hydrogen-bond acceptors (Lipinski definition) is 6. The zero-order valence-electron chi connectivity index (χ0n) is 27.8. The molecule has 0 saturated heterocycles. The first-order valence-corrected chi connectivity index (χ1v) is 16.8. The summed E-state index contributed by atoms with van der Waals surface area (Å²) in [5.74, 6) is 0.00779. The van der Waals surface area contributed by atoms with Crippen molar-refractivity contribution in [1.82, 2.24) is 9.55 Å². The molecule has 1 unspecified atom stereocenters. The van der Waals surface area contributed by atoms with E-state index in [0.29, 0.717) is 45.2 Å². The molecule has 0 saturated carbocycles. The lowest BCUT2D eigenvalue weighted by Crippen LogP contribution is -2.32. The Bertz CT molecular complexity index is 1960. The molecule has 5 rings (SSSR count). The number of aryl methyl sites for hydroxylation is 1. The lowest BCUT2D eigenvalue weighted by Gasteiger charge is -2.23. The van der Waals surface area contributed by atoms with Crippen LogP contribution in [0.15, 0.2) is 102 Å². The molecule has 1 heterocycles. The number of hydrogen-bond donors (Lipinski definition) is 1. The molecule has 1 aromatic heterocycles. The molecule has 0 bridgehead atoms. The number of aliphatic carboxylic acids is 1. The van der Waals surface area contributed by atoms with Gasteiger partial charge in [0.1, 0.15) is 11.6 Å². The number of halogens is 1. The Morgan fingerprint density at radius 2 is 1.65 bits per heavy atom. The van der Waals surface area contributed by atoms with Gasteiger partial charge in [-0.05, 0) is 59.9 Å². The molecule has 49 heavy (non-hydrogen) atoms. The van der Waals surface area contributed by atoms with E-state index in [0.717, 1.165) is 24.0 Å². The lowest BCUT2D eigenvalue weighted by molar-refractivity contribution is -0.145. The van der Waals surface area contributed by atoms with Gasteiger partial charge in [-0.25, -0.2) is 14.6 Å². The van der Waals surface area contributed by atoms with E-state index < -0.39 is 18.2 Å². The number of rotatable bonds is 14. The first-order chi connectivity index (χ1) is 23.6. The Morgan fingerprint density at radius 1 is 0.939 bits per heavy atom. The highest BCUT2D eigenvalue weighted by Gasteiger charge is 2.25. The highest BCUT2D eigenvalue weighted by Crippen LogP contribution is 2.29. The molecule has 1 N–H and O–H groups in total. The van der Waals surface area contributed by atoms with Crippen LogP contribution in [0, 0.1) is 5.92 Å². The predicted octanol–water partition coefficient (Wildman–Crippen LogP) is 8.44. The van der Waals surface area contributed by atoms with Gasteiger partial charge in [-0.2, -0.15) is 0 Å². The number of aromatic nitrogens is 2. The normalized spacial score (nSPS) is 11.8. The van der Waals surface area contributed by atoms with Crippen molar-refractivity contribution in [3.8, 4) is 5.75 Å². The summed E-state index contributed by atoms with van der Waals surface area (Å²) in [5, 5.41) is 10.5. The van der Waals surface area contributed by atoms with Gasteiger partial charge in [0.15, 0.2) is 0 Å². The van der Waals surface area contributed by atoms with Crippen LogP contribution in [0.1, 0.15) is 62.2 Å². The minimum atomic E-state index is -1.29. The van der Waals surface area contributed by atoms with E-state index in [-0.39, 0.29) is 31.2 Å². The first kappa shape index (κ1) is 35.2. The average molecular weight is 682 g/mol. The number of carbonyl (C=O) groups is 2. The second-order valence-corrected chi connectivity index (χ2v) is 12.7. The maximum atomic E-state index is 14.2. The lowest BCUT2D eigenvalue weighted by atomic mass is 10.1. The number of carboxylic acid groups (broad SMARTS) is 1. The largest absolute Gasteiger partial charge is 0.478 e. The number of carboxylic acids is 1. The molecule has 0 aliphatic carbocycles. The van der Waals surface area contributed by atoms with Gasteiger partial charge < -0.3 is 14.6 Å². The molecule has 0 aliphatic rings. The van der Waals surface area contributed by atoms with E-state index in [1.807, 2.05) is 44.2 Å². The monoisotopic (exact) mass is 681 g/mol. The molecular weight excluding hydrogens is 642 g/mol. The zero-order valence-corrected chi connectivity index (χ0v) is 28.6. The summed E-state index contributed by atoms with van der Waals surface area (Å²) in [4.78, 5) is 46.0. The Morgan fingerprint density at radius 3 is 2.33 bits per heavy atom. The highest BCUT2D eigenvalue weighted by molar-refractivity contribution is 6.31. The minimum Gasteiger partial charge on any atom is -0.478 e. The molecule has 5 aromatic rings. The third-order valence-corrected chi connectivity index (χ3v) is 8.30. The Hall–Kier alpha value is -5.15. The predicted molar refractivity (Wildman–Crippen MR) is 191 cm³/mol. The summed E-state index contributed by atoms with van der Waals surface area (Å²) in [6, 6.07) is 28.5. The molecule has 254 valence electrons. The fraction of sp³-hybridized carbons (Fsp3) is 0.282.